The molecule has 1 saturated heterocycles. The normalized spacial score (nSPS) is 21.2. The van der Waals surface area contributed by atoms with Crippen LogP contribution in [0.25, 0.3) is 0 Å². The number of nitrogens with zero attached hydrogens (tertiary/aromatic N) is 1. The minimum absolute atomic E-state index is 0.181. The molecule has 88 valence electrons. The fourth-order valence-corrected chi connectivity index (χ4v) is 2.20. The van der Waals surface area contributed by atoms with Crippen LogP contribution in [0.3, 0.4) is 0 Å². The second kappa shape index (κ2) is 4.80. The topological polar surface area (TPSA) is 43.7 Å². The third kappa shape index (κ3) is 2.18. The summed E-state index contributed by atoms with van der Waals surface area (Å²) >= 11 is 0. The van der Waals surface area contributed by atoms with Crippen molar-refractivity contribution in [1.29, 1.82) is 0 Å². The van der Waals surface area contributed by atoms with Crippen molar-refractivity contribution in [3.05, 3.63) is 29.6 Å². The van der Waals surface area contributed by atoms with Crippen LogP contribution >= 0.6 is 0 Å². The molecule has 0 aliphatic carbocycles. The van der Waals surface area contributed by atoms with Crippen molar-refractivity contribution in [2.45, 2.75) is 25.6 Å². The average molecular weight is 225 g/mol. The lowest BCUT2D eigenvalue weighted by atomic mass is 10.1. The number of halogens is 1. The summed E-state index contributed by atoms with van der Waals surface area (Å²) in [5, 5.41) is 18.8. The molecule has 1 heterocycles. The van der Waals surface area contributed by atoms with E-state index in [0.717, 1.165) is 19.4 Å². The highest BCUT2D eigenvalue weighted by Crippen LogP contribution is 2.27. The zero-order valence-corrected chi connectivity index (χ0v) is 9.06. The van der Waals surface area contributed by atoms with Crippen LogP contribution in [-0.2, 0) is 6.61 Å². The summed E-state index contributed by atoms with van der Waals surface area (Å²) in [6.07, 6.45) is 1.21. The van der Waals surface area contributed by atoms with Crippen LogP contribution in [0.1, 0.15) is 18.4 Å². The van der Waals surface area contributed by atoms with Gasteiger partial charge in [-0.25, -0.2) is 4.39 Å². The molecule has 16 heavy (non-hydrogen) atoms. The Morgan fingerprint density at radius 2 is 2.25 bits per heavy atom. The van der Waals surface area contributed by atoms with Crippen molar-refractivity contribution in [3.8, 4) is 0 Å². The molecule has 3 nitrogen and oxygen atoms in total. The molecule has 2 N–H and O–H groups in total. The first kappa shape index (κ1) is 11.4. The van der Waals surface area contributed by atoms with Crippen LogP contribution in [-0.4, -0.2) is 29.4 Å². The van der Waals surface area contributed by atoms with Crippen molar-refractivity contribution in [3.63, 3.8) is 0 Å². The maximum absolute atomic E-state index is 13.7. The van der Waals surface area contributed by atoms with E-state index >= 15 is 0 Å². The number of hydrogen-bond acceptors (Lipinski definition) is 3. The maximum atomic E-state index is 13.7. The molecule has 1 fully saturated rings. The summed E-state index contributed by atoms with van der Waals surface area (Å²) in [6.45, 7) is 0.985. The lowest BCUT2D eigenvalue weighted by molar-refractivity contribution is 0.153. The molecule has 0 aromatic heterocycles. The van der Waals surface area contributed by atoms with E-state index in [9.17, 15) is 14.6 Å². The standard InChI is InChI=1S/C12H16FNO2/c13-11-5-1-3-9(8-15)12(11)14-6-2-4-10(16)7-14/h1,3,5,10,15-16H,2,4,6-8H2. The van der Waals surface area contributed by atoms with E-state index in [2.05, 4.69) is 0 Å². The van der Waals surface area contributed by atoms with E-state index in [1.807, 2.05) is 4.90 Å². The number of piperidine rings is 1. The second-order valence-electron chi connectivity index (χ2n) is 4.15. The lowest BCUT2D eigenvalue weighted by Gasteiger charge is -2.33. The van der Waals surface area contributed by atoms with Gasteiger partial charge in [0.15, 0.2) is 0 Å². The largest absolute Gasteiger partial charge is 0.392 e. The molecule has 2 rings (SSSR count). The number of β-amino-alcohol motifs (C(OH)–C–C–N with tert-alkyl or cyclic N) is 1. The predicted octanol–water partition coefficient (Wildman–Crippen LogP) is 1.28. The molecule has 1 aliphatic heterocycles. The van der Waals surface area contributed by atoms with Gasteiger partial charge in [0.25, 0.3) is 0 Å². The van der Waals surface area contributed by atoms with Gasteiger partial charge in [0, 0.05) is 18.7 Å². The molecule has 0 saturated carbocycles. The Morgan fingerprint density at radius 1 is 1.44 bits per heavy atom. The van der Waals surface area contributed by atoms with Gasteiger partial charge in [-0.15, -0.1) is 0 Å². The molecular weight excluding hydrogens is 209 g/mol. The van der Waals surface area contributed by atoms with E-state index in [1.165, 1.54) is 6.07 Å². The third-order valence-corrected chi connectivity index (χ3v) is 2.95. The van der Waals surface area contributed by atoms with Crippen LogP contribution < -0.4 is 4.90 Å². The molecule has 0 bridgehead atoms. The Labute approximate surface area is 94.1 Å². The smallest absolute Gasteiger partial charge is 0.146 e. The first-order valence-electron chi connectivity index (χ1n) is 5.53. The molecule has 0 amide bonds. The average Bonchev–Trinajstić information content (AvgIpc) is 2.28. The monoisotopic (exact) mass is 225 g/mol. The highest BCUT2D eigenvalue weighted by molar-refractivity contribution is 5.55. The zero-order chi connectivity index (χ0) is 11.5. The van der Waals surface area contributed by atoms with Gasteiger partial charge in [-0.1, -0.05) is 12.1 Å². The van der Waals surface area contributed by atoms with Gasteiger partial charge in [-0.2, -0.15) is 0 Å². The van der Waals surface area contributed by atoms with Crippen LogP contribution in [0.4, 0.5) is 10.1 Å². The lowest BCUT2D eigenvalue weighted by Crippen LogP contribution is -2.39. The van der Waals surface area contributed by atoms with Crippen molar-refractivity contribution in [2.24, 2.45) is 0 Å². The SMILES string of the molecule is OCc1cccc(F)c1N1CCCC(O)C1. The minimum atomic E-state index is -0.403. The fourth-order valence-electron chi connectivity index (χ4n) is 2.20. The molecule has 1 aromatic rings. The zero-order valence-electron chi connectivity index (χ0n) is 9.06. The Kier molecular flexibility index (Phi) is 3.41. The Bertz CT molecular complexity index is 370. The number of aliphatic hydroxyl groups is 2. The summed E-state index contributed by atoms with van der Waals surface area (Å²) in [6, 6.07) is 4.68. The molecule has 4 heteroatoms. The first-order chi connectivity index (χ1) is 7.72. The Hall–Kier alpha value is -1.13. The Morgan fingerprint density at radius 3 is 2.94 bits per heavy atom. The van der Waals surface area contributed by atoms with Gasteiger partial charge in [0.05, 0.1) is 18.4 Å². The fraction of sp³-hybridized carbons (Fsp3) is 0.500. The van der Waals surface area contributed by atoms with Crippen LogP contribution in [0.15, 0.2) is 18.2 Å². The maximum Gasteiger partial charge on any atom is 0.146 e. The van der Waals surface area contributed by atoms with Crippen LogP contribution in [0.5, 0.6) is 0 Å². The van der Waals surface area contributed by atoms with Gasteiger partial charge >= 0.3 is 0 Å². The van der Waals surface area contributed by atoms with Gasteiger partial charge in [-0.3, -0.25) is 0 Å². The molecule has 1 aromatic carbocycles. The van der Waals surface area contributed by atoms with E-state index in [0.29, 0.717) is 17.8 Å². The van der Waals surface area contributed by atoms with E-state index in [4.69, 9.17) is 0 Å². The number of anilines is 1. The van der Waals surface area contributed by atoms with Gasteiger partial charge in [0.2, 0.25) is 0 Å². The molecule has 1 atom stereocenters. The molecule has 0 spiro atoms. The molecule has 1 aliphatic rings. The summed E-state index contributed by atoms with van der Waals surface area (Å²) < 4.78 is 13.7. The highest BCUT2D eigenvalue weighted by Gasteiger charge is 2.22. The minimum Gasteiger partial charge on any atom is -0.392 e. The number of hydrogen-bond donors (Lipinski definition) is 2. The third-order valence-electron chi connectivity index (χ3n) is 2.95. The molecule has 0 radical (unpaired) electrons. The van der Waals surface area contributed by atoms with Crippen LogP contribution in [0, 0.1) is 5.82 Å². The van der Waals surface area contributed by atoms with E-state index < -0.39 is 6.10 Å². The van der Waals surface area contributed by atoms with Crippen LogP contribution in [0.2, 0.25) is 0 Å². The highest BCUT2D eigenvalue weighted by atomic mass is 19.1. The number of para-hydroxylation sites is 1. The second-order valence-corrected chi connectivity index (χ2v) is 4.15. The number of aliphatic hydroxyl groups excluding tert-OH is 2. The summed E-state index contributed by atoms with van der Waals surface area (Å²) in [7, 11) is 0. The van der Waals surface area contributed by atoms with Crippen molar-refractivity contribution < 1.29 is 14.6 Å². The Balaban J connectivity index is 2.30. The van der Waals surface area contributed by atoms with E-state index in [1.54, 1.807) is 12.1 Å². The molecular formula is C12H16FNO2. The summed E-state index contributed by atoms with van der Waals surface area (Å²) in [5.41, 5.74) is 1.01. The first-order valence-corrected chi connectivity index (χ1v) is 5.53. The number of benzene rings is 1. The number of rotatable bonds is 2. The van der Waals surface area contributed by atoms with Gasteiger partial charge in [-0.05, 0) is 18.9 Å². The predicted molar refractivity (Wildman–Crippen MR) is 59.8 cm³/mol. The van der Waals surface area contributed by atoms with Gasteiger partial charge < -0.3 is 15.1 Å². The summed E-state index contributed by atoms with van der Waals surface area (Å²) in [5.74, 6) is -0.333. The van der Waals surface area contributed by atoms with Gasteiger partial charge in [0.1, 0.15) is 5.82 Å². The summed E-state index contributed by atoms with van der Waals surface area (Å²) in [4.78, 5) is 1.81. The van der Waals surface area contributed by atoms with Crippen molar-refractivity contribution >= 4 is 5.69 Å². The molecule has 1 unspecified atom stereocenters. The van der Waals surface area contributed by atoms with Crippen molar-refractivity contribution in [1.82, 2.24) is 0 Å². The van der Waals surface area contributed by atoms with Crippen molar-refractivity contribution in [2.75, 3.05) is 18.0 Å². The quantitative estimate of drug-likeness (QED) is 0.797. The van der Waals surface area contributed by atoms with E-state index in [-0.39, 0.29) is 12.4 Å².